The molecule has 1 aromatic carbocycles. The Morgan fingerprint density at radius 2 is 2.04 bits per heavy atom. The second-order valence-electron chi connectivity index (χ2n) is 6.85. The molecule has 4 rings (SSSR count). The topological polar surface area (TPSA) is 67.5 Å². The van der Waals surface area contributed by atoms with Crippen molar-refractivity contribution in [3.8, 4) is 0 Å². The molecule has 1 saturated heterocycles. The number of benzene rings is 1. The summed E-state index contributed by atoms with van der Waals surface area (Å²) in [4.78, 5) is 26.7. The van der Waals surface area contributed by atoms with Crippen molar-refractivity contribution in [3.05, 3.63) is 60.7 Å². The minimum absolute atomic E-state index is 0.0789. The van der Waals surface area contributed by atoms with Gasteiger partial charge in [-0.25, -0.2) is 0 Å². The van der Waals surface area contributed by atoms with Gasteiger partial charge in [0.15, 0.2) is 5.76 Å². The van der Waals surface area contributed by atoms with E-state index < -0.39 is 6.04 Å². The molecule has 6 heteroatoms. The number of likely N-dealkylation sites (tertiary alicyclic amines) is 1. The maximum atomic E-state index is 12.6. The van der Waals surface area contributed by atoms with Crippen molar-refractivity contribution in [2.24, 2.45) is 0 Å². The van der Waals surface area contributed by atoms with Crippen LogP contribution in [0.4, 0.5) is 0 Å². The highest BCUT2D eigenvalue weighted by Crippen LogP contribution is 2.20. The fourth-order valence-corrected chi connectivity index (χ4v) is 3.74. The quantitative estimate of drug-likeness (QED) is 0.683. The Labute approximate surface area is 157 Å². The van der Waals surface area contributed by atoms with Crippen LogP contribution in [0.5, 0.6) is 0 Å². The second kappa shape index (κ2) is 7.70. The van der Waals surface area contributed by atoms with Gasteiger partial charge >= 0.3 is 0 Å². The van der Waals surface area contributed by atoms with Crippen LogP contribution < -0.4 is 5.32 Å². The molecule has 140 valence electrons. The molecule has 2 amide bonds. The van der Waals surface area contributed by atoms with Crippen LogP contribution in [0.25, 0.3) is 10.9 Å². The molecule has 3 aromatic rings. The van der Waals surface area contributed by atoms with Crippen LogP contribution in [0.3, 0.4) is 0 Å². The summed E-state index contributed by atoms with van der Waals surface area (Å²) in [5.41, 5.74) is 1.20. The van der Waals surface area contributed by atoms with Crippen molar-refractivity contribution < 1.29 is 14.0 Å². The number of nitrogens with zero attached hydrogens (tertiary/aromatic N) is 2. The third-order valence-electron chi connectivity index (χ3n) is 5.10. The predicted octanol–water partition coefficient (Wildman–Crippen LogP) is 3.05. The highest BCUT2D eigenvalue weighted by molar-refractivity contribution is 5.96. The maximum Gasteiger partial charge on any atom is 0.290 e. The molecule has 1 aliphatic rings. The highest BCUT2D eigenvalue weighted by atomic mass is 16.3. The van der Waals surface area contributed by atoms with Crippen molar-refractivity contribution in [1.29, 1.82) is 0 Å². The first-order valence-corrected chi connectivity index (χ1v) is 9.40. The van der Waals surface area contributed by atoms with Crippen molar-refractivity contribution in [2.45, 2.75) is 31.8 Å². The van der Waals surface area contributed by atoms with Gasteiger partial charge in [0, 0.05) is 31.3 Å². The molecule has 0 saturated carbocycles. The number of aromatic nitrogens is 1. The minimum Gasteiger partial charge on any atom is -0.459 e. The van der Waals surface area contributed by atoms with Gasteiger partial charge in [-0.1, -0.05) is 18.2 Å². The van der Waals surface area contributed by atoms with Crippen LogP contribution >= 0.6 is 0 Å². The van der Waals surface area contributed by atoms with E-state index in [9.17, 15) is 9.59 Å². The van der Waals surface area contributed by atoms with Crippen molar-refractivity contribution in [1.82, 2.24) is 14.8 Å². The standard InChI is InChI=1S/C21H23N3O3/c25-20(18-8-3-13-24(18)21(26)19-9-4-15-27-19)22-11-5-12-23-14-10-16-6-1-2-7-17(16)23/h1-2,4,6-7,9-10,14-15,18H,3,5,8,11-13H2,(H,22,25). The third-order valence-corrected chi connectivity index (χ3v) is 5.10. The molecule has 0 radical (unpaired) electrons. The SMILES string of the molecule is O=C(NCCCn1ccc2ccccc21)C1CCCN1C(=O)c1ccco1. The zero-order valence-electron chi connectivity index (χ0n) is 15.1. The summed E-state index contributed by atoms with van der Waals surface area (Å²) in [6.07, 6.45) is 5.92. The molecular formula is C21H23N3O3. The van der Waals surface area contributed by atoms with Gasteiger partial charge < -0.3 is 19.2 Å². The van der Waals surface area contributed by atoms with E-state index in [2.05, 4.69) is 34.3 Å². The highest BCUT2D eigenvalue weighted by Gasteiger charge is 2.35. The number of furan rings is 1. The largest absolute Gasteiger partial charge is 0.459 e. The first kappa shape index (κ1) is 17.4. The van der Waals surface area contributed by atoms with E-state index >= 15 is 0 Å². The summed E-state index contributed by atoms with van der Waals surface area (Å²) >= 11 is 0. The number of rotatable bonds is 6. The van der Waals surface area contributed by atoms with E-state index in [-0.39, 0.29) is 17.6 Å². The van der Waals surface area contributed by atoms with Crippen LogP contribution in [0.1, 0.15) is 29.8 Å². The number of carbonyl (C=O) groups is 2. The average molecular weight is 365 g/mol. The van der Waals surface area contributed by atoms with Crippen LogP contribution in [0.2, 0.25) is 0 Å². The van der Waals surface area contributed by atoms with Crippen molar-refractivity contribution in [3.63, 3.8) is 0 Å². The summed E-state index contributed by atoms with van der Waals surface area (Å²) in [7, 11) is 0. The van der Waals surface area contributed by atoms with E-state index in [4.69, 9.17) is 4.42 Å². The maximum absolute atomic E-state index is 12.6. The Morgan fingerprint density at radius 3 is 2.89 bits per heavy atom. The van der Waals surface area contributed by atoms with E-state index in [1.807, 2.05) is 12.1 Å². The first-order valence-electron chi connectivity index (χ1n) is 9.40. The summed E-state index contributed by atoms with van der Waals surface area (Å²) in [5, 5.41) is 4.21. The Kier molecular flexibility index (Phi) is 4.96. The molecule has 6 nitrogen and oxygen atoms in total. The molecule has 1 fully saturated rings. The van der Waals surface area contributed by atoms with Gasteiger partial charge in [0.1, 0.15) is 6.04 Å². The van der Waals surface area contributed by atoms with E-state index in [1.165, 1.54) is 17.2 Å². The number of hydrogen-bond acceptors (Lipinski definition) is 3. The van der Waals surface area contributed by atoms with Crippen LogP contribution in [0.15, 0.2) is 59.3 Å². The molecule has 1 aliphatic heterocycles. The molecule has 0 bridgehead atoms. The van der Waals surface area contributed by atoms with Crippen LogP contribution in [-0.4, -0.2) is 40.4 Å². The average Bonchev–Trinajstić information content (AvgIpc) is 3.45. The fourth-order valence-electron chi connectivity index (χ4n) is 3.74. The molecule has 27 heavy (non-hydrogen) atoms. The van der Waals surface area contributed by atoms with Gasteiger partial charge in [0.05, 0.1) is 6.26 Å². The molecular weight excluding hydrogens is 342 g/mol. The zero-order valence-corrected chi connectivity index (χ0v) is 15.1. The first-order chi connectivity index (χ1) is 13.2. The minimum atomic E-state index is -0.407. The lowest BCUT2D eigenvalue weighted by atomic mass is 10.2. The van der Waals surface area contributed by atoms with E-state index in [0.29, 0.717) is 19.5 Å². The lowest BCUT2D eigenvalue weighted by molar-refractivity contribution is -0.124. The summed E-state index contributed by atoms with van der Waals surface area (Å²) in [6, 6.07) is 13.3. The second-order valence-corrected chi connectivity index (χ2v) is 6.85. The van der Waals surface area contributed by atoms with Gasteiger partial charge in [0.25, 0.3) is 5.91 Å². The Bertz CT molecular complexity index is 929. The molecule has 1 atom stereocenters. The Balaban J connectivity index is 1.29. The van der Waals surface area contributed by atoms with Gasteiger partial charge in [-0.05, 0) is 48.9 Å². The number of para-hydroxylation sites is 1. The van der Waals surface area contributed by atoms with Crippen molar-refractivity contribution >= 4 is 22.7 Å². The lowest BCUT2D eigenvalue weighted by Gasteiger charge is -2.23. The Morgan fingerprint density at radius 1 is 1.15 bits per heavy atom. The number of carbonyl (C=O) groups excluding carboxylic acids is 2. The third kappa shape index (κ3) is 3.60. The number of hydrogen-bond donors (Lipinski definition) is 1. The lowest BCUT2D eigenvalue weighted by Crippen LogP contribution is -2.46. The van der Waals surface area contributed by atoms with Crippen molar-refractivity contribution in [2.75, 3.05) is 13.1 Å². The molecule has 0 aliphatic carbocycles. The van der Waals surface area contributed by atoms with E-state index in [1.54, 1.807) is 17.0 Å². The number of fused-ring (bicyclic) bond motifs is 1. The molecule has 1 N–H and O–H groups in total. The number of amides is 2. The summed E-state index contributed by atoms with van der Waals surface area (Å²) in [5.74, 6) is -0.00424. The van der Waals surface area contributed by atoms with Gasteiger partial charge in [-0.2, -0.15) is 0 Å². The number of nitrogens with one attached hydrogen (secondary N) is 1. The molecule has 2 aromatic heterocycles. The van der Waals surface area contributed by atoms with Crippen LogP contribution in [0, 0.1) is 0 Å². The fraction of sp³-hybridized carbons (Fsp3) is 0.333. The van der Waals surface area contributed by atoms with E-state index in [0.717, 1.165) is 19.4 Å². The summed E-state index contributed by atoms with van der Waals surface area (Å²) < 4.78 is 7.38. The Hall–Kier alpha value is -3.02. The summed E-state index contributed by atoms with van der Waals surface area (Å²) in [6.45, 7) is 2.02. The van der Waals surface area contributed by atoms with Gasteiger partial charge in [-0.15, -0.1) is 0 Å². The van der Waals surface area contributed by atoms with Gasteiger partial charge in [0.2, 0.25) is 5.91 Å². The monoisotopic (exact) mass is 365 g/mol. The van der Waals surface area contributed by atoms with Gasteiger partial charge in [-0.3, -0.25) is 9.59 Å². The predicted molar refractivity (Wildman–Crippen MR) is 102 cm³/mol. The normalized spacial score (nSPS) is 16.7. The molecule has 0 spiro atoms. The van der Waals surface area contributed by atoms with Crippen LogP contribution in [-0.2, 0) is 11.3 Å². The molecule has 1 unspecified atom stereocenters. The smallest absolute Gasteiger partial charge is 0.290 e. The molecule has 3 heterocycles. The zero-order chi connectivity index (χ0) is 18.6. The number of aryl methyl sites for hydroxylation is 1.